The fraction of sp³-hybridized carbons (Fsp3) is 0.250. The summed E-state index contributed by atoms with van der Waals surface area (Å²) in [5, 5.41) is 0. The van der Waals surface area contributed by atoms with Crippen LogP contribution in [-0.4, -0.2) is 6.04 Å². The van der Waals surface area contributed by atoms with Gasteiger partial charge >= 0.3 is 0 Å². The van der Waals surface area contributed by atoms with Crippen LogP contribution in [0.1, 0.15) is 6.92 Å². The van der Waals surface area contributed by atoms with Gasteiger partial charge in [0.1, 0.15) is 0 Å². The minimum absolute atomic E-state index is 0.0197. The topological polar surface area (TPSA) is 52.0 Å². The predicted octanol–water partition coefficient (Wildman–Crippen LogP) is 0.672. The molecule has 0 aromatic heterocycles. The van der Waals surface area contributed by atoms with Crippen LogP contribution in [0.5, 0.6) is 0 Å². The summed E-state index contributed by atoms with van der Waals surface area (Å²) in [4.78, 5) is 0. The Bertz CT molecular complexity index is 211. The first kappa shape index (κ1) is 7.09. The van der Waals surface area contributed by atoms with Gasteiger partial charge < -0.3 is 11.5 Å². The summed E-state index contributed by atoms with van der Waals surface area (Å²) in [7, 11) is 0. The minimum Gasteiger partial charge on any atom is -0.404 e. The fourth-order valence-corrected chi connectivity index (χ4v) is 0.933. The molecule has 2 nitrogen and oxygen atoms in total. The van der Waals surface area contributed by atoms with E-state index in [1.165, 1.54) is 5.57 Å². The van der Waals surface area contributed by atoms with Crippen molar-refractivity contribution >= 4 is 0 Å². The van der Waals surface area contributed by atoms with Crippen molar-refractivity contribution in [2.75, 3.05) is 0 Å². The number of nitrogens with two attached hydrogens (primary N) is 2. The highest BCUT2D eigenvalue weighted by Gasteiger charge is 2.05. The van der Waals surface area contributed by atoms with Gasteiger partial charge in [-0.3, -0.25) is 0 Å². The van der Waals surface area contributed by atoms with Gasteiger partial charge in [0.25, 0.3) is 0 Å². The summed E-state index contributed by atoms with van der Waals surface area (Å²) in [6, 6.07) is -0.0197. The molecule has 1 aliphatic rings. The maximum absolute atomic E-state index is 5.67. The summed E-state index contributed by atoms with van der Waals surface area (Å²) >= 11 is 0. The first-order chi connectivity index (χ1) is 4.74. The van der Waals surface area contributed by atoms with E-state index in [1.54, 1.807) is 6.20 Å². The Kier molecular flexibility index (Phi) is 1.92. The van der Waals surface area contributed by atoms with Gasteiger partial charge in [-0.2, -0.15) is 0 Å². The van der Waals surface area contributed by atoms with Crippen LogP contribution in [0, 0.1) is 0 Å². The van der Waals surface area contributed by atoms with Crippen molar-refractivity contribution in [1.82, 2.24) is 0 Å². The van der Waals surface area contributed by atoms with Crippen LogP contribution in [0.15, 0.2) is 35.6 Å². The van der Waals surface area contributed by atoms with Crippen LogP contribution in [0.25, 0.3) is 0 Å². The molecular weight excluding hydrogens is 124 g/mol. The molecule has 1 aliphatic carbocycles. The fourth-order valence-electron chi connectivity index (χ4n) is 0.933. The summed E-state index contributed by atoms with van der Waals surface area (Å²) in [5.74, 6) is 0. The van der Waals surface area contributed by atoms with Crippen LogP contribution in [0.2, 0.25) is 0 Å². The van der Waals surface area contributed by atoms with Crippen LogP contribution < -0.4 is 11.5 Å². The average Bonchev–Trinajstić information content (AvgIpc) is 1.94. The molecule has 1 atom stereocenters. The van der Waals surface area contributed by atoms with Gasteiger partial charge in [-0.05, 0) is 18.7 Å². The van der Waals surface area contributed by atoms with E-state index in [-0.39, 0.29) is 6.04 Å². The Hall–Kier alpha value is -1.02. The van der Waals surface area contributed by atoms with Gasteiger partial charge in [-0.1, -0.05) is 23.8 Å². The Labute approximate surface area is 60.9 Å². The standard InChI is InChI=1S/C8H12N2/c1-6-2-3-8(10)7(4-6)5-9/h2-5,8H,9-10H2,1H3/b7-5-. The van der Waals surface area contributed by atoms with Crippen LogP contribution in [0.4, 0.5) is 0 Å². The monoisotopic (exact) mass is 136 g/mol. The van der Waals surface area contributed by atoms with Crippen molar-refractivity contribution in [3.63, 3.8) is 0 Å². The van der Waals surface area contributed by atoms with Crippen molar-refractivity contribution in [3.05, 3.63) is 35.6 Å². The van der Waals surface area contributed by atoms with E-state index in [0.717, 1.165) is 5.57 Å². The Morgan fingerprint density at radius 3 is 2.80 bits per heavy atom. The molecular formula is C8H12N2. The molecule has 0 aliphatic heterocycles. The van der Waals surface area contributed by atoms with Crippen molar-refractivity contribution in [3.8, 4) is 0 Å². The molecule has 0 saturated carbocycles. The zero-order valence-corrected chi connectivity index (χ0v) is 6.04. The van der Waals surface area contributed by atoms with Crippen molar-refractivity contribution in [2.24, 2.45) is 11.5 Å². The maximum Gasteiger partial charge on any atom is 0.0498 e. The summed E-state index contributed by atoms with van der Waals surface area (Å²) in [6.07, 6.45) is 7.48. The second-order valence-electron chi connectivity index (χ2n) is 2.44. The second-order valence-corrected chi connectivity index (χ2v) is 2.44. The van der Waals surface area contributed by atoms with Crippen molar-refractivity contribution in [2.45, 2.75) is 13.0 Å². The molecule has 10 heavy (non-hydrogen) atoms. The summed E-state index contributed by atoms with van der Waals surface area (Å²) in [6.45, 7) is 2.02. The number of allylic oxidation sites excluding steroid dienone is 2. The highest BCUT2D eigenvalue weighted by Crippen LogP contribution is 2.12. The third-order valence-electron chi connectivity index (χ3n) is 1.54. The van der Waals surface area contributed by atoms with Gasteiger partial charge in [0, 0.05) is 6.04 Å². The second kappa shape index (κ2) is 2.71. The van der Waals surface area contributed by atoms with E-state index in [9.17, 15) is 0 Å². The number of hydrogen-bond donors (Lipinski definition) is 2. The SMILES string of the molecule is CC1=C/C(=C/N)C(N)C=C1. The highest BCUT2D eigenvalue weighted by molar-refractivity contribution is 5.39. The number of rotatable bonds is 0. The lowest BCUT2D eigenvalue weighted by Crippen LogP contribution is -2.21. The molecule has 0 saturated heterocycles. The smallest absolute Gasteiger partial charge is 0.0498 e. The molecule has 54 valence electrons. The molecule has 0 spiro atoms. The molecule has 0 bridgehead atoms. The van der Waals surface area contributed by atoms with E-state index in [4.69, 9.17) is 11.5 Å². The van der Waals surface area contributed by atoms with Gasteiger partial charge in [0.2, 0.25) is 0 Å². The largest absolute Gasteiger partial charge is 0.404 e. The first-order valence-electron chi connectivity index (χ1n) is 3.28. The summed E-state index contributed by atoms with van der Waals surface area (Å²) < 4.78 is 0. The quantitative estimate of drug-likeness (QED) is 0.514. The normalized spacial score (nSPS) is 28.8. The Morgan fingerprint density at radius 2 is 2.30 bits per heavy atom. The maximum atomic E-state index is 5.67. The zero-order valence-electron chi connectivity index (χ0n) is 6.04. The van der Waals surface area contributed by atoms with Crippen LogP contribution in [0.3, 0.4) is 0 Å². The molecule has 4 N–H and O–H groups in total. The van der Waals surface area contributed by atoms with E-state index >= 15 is 0 Å². The first-order valence-corrected chi connectivity index (χ1v) is 3.28. The average molecular weight is 136 g/mol. The molecule has 0 aromatic carbocycles. The summed E-state index contributed by atoms with van der Waals surface area (Å²) in [5.41, 5.74) is 13.2. The van der Waals surface area contributed by atoms with Crippen LogP contribution >= 0.6 is 0 Å². The molecule has 0 radical (unpaired) electrons. The molecule has 0 amide bonds. The van der Waals surface area contributed by atoms with Gasteiger partial charge in [-0.25, -0.2) is 0 Å². The lowest BCUT2D eigenvalue weighted by Gasteiger charge is -2.12. The van der Waals surface area contributed by atoms with E-state index in [0.29, 0.717) is 0 Å². The lowest BCUT2D eigenvalue weighted by atomic mass is 10.00. The molecule has 0 aromatic rings. The third kappa shape index (κ3) is 1.28. The predicted molar refractivity (Wildman–Crippen MR) is 43.1 cm³/mol. The van der Waals surface area contributed by atoms with Crippen molar-refractivity contribution in [1.29, 1.82) is 0 Å². The van der Waals surface area contributed by atoms with Crippen LogP contribution in [-0.2, 0) is 0 Å². The number of hydrogen-bond acceptors (Lipinski definition) is 2. The molecule has 1 unspecified atom stereocenters. The third-order valence-corrected chi connectivity index (χ3v) is 1.54. The van der Waals surface area contributed by atoms with E-state index in [1.807, 2.05) is 25.2 Å². The molecule has 0 heterocycles. The van der Waals surface area contributed by atoms with Crippen molar-refractivity contribution < 1.29 is 0 Å². The van der Waals surface area contributed by atoms with Gasteiger partial charge in [0.15, 0.2) is 0 Å². The minimum atomic E-state index is -0.0197. The van der Waals surface area contributed by atoms with E-state index < -0.39 is 0 Å². The Morgan fingerprint density at radius 1 is 1.60 bits per heavy atom. The molecule has 1 rings (SSSR count). The molecule has 0 fully saturated rings. The Balaban J connectivity index is 2.88. The van der Waals surface area contributed by atoms with Gasteiger partial charge in [0.05, 0.1) is 0 Å². The van der Waals surface area contributed by atoms with E-state index in [2.05, 4.69) is 0 Å². The lowest BCUT2D eigenvalue weighted by molar-refractivity contribution is 0.957. The zero-order chi connectivity index (χ0) is 7.56. The highest BCUT2D eigenvalue weighted by atomic mass is 14.6. The van der Waals surface area contributed by atoms with Gasteiger partial charge in [-0.15, -0.1) is 0 Å². The molecule has 2 heteroatoms.